The number of imidazole rings is 1. The van der Waals surface area contributed by atoms with Gasteiger partial charge in [-0.1, -0.05) is 49.2 Å². The Morgan fingerprint density at radius 1 is 1.09 bits per heavy atom. The first-order valence-corrected chi connectivity index (χ1v) is 11.2. The van der Waals surface area contributed by atoms with Crippen LogP contribution < -0.4 is 5.32 Å². The summed E-state index contributed by atoms with van der Waals surface area (Å²) in [5.74, 6) is -1.27. The van der Waals surface area contributed by atoms with Crippen LogP contribution in [-0.2, 0) is 28.9 Å². The van der Waals surface area contributed by atoms with Crippen molar-refractivity contribution in [2.24, 2.45) is 0 Å². The maximum absolute atomic E-state index is 12.6. The summed E-state index contributed by atoms with van der Waals surface area (Å²) in [5, 5.41) is 12.3. The second-order valence-corrected chi connectivity index (χ2v) is 8.07. The number of rotatable bonds is 10. The minimum absolute atomic E-state index is 0. The van der Waals surface area contributed by atoms with Crippen LogP contribution >= 0.6 is 11.6 Å². The van der Waals surface area contributed by atoms with Gasteiger partial charge in [-0.25, -0.2) is 9.78 Å². The molecule has 3 aromatic rings. The Balaban J connectivity index is 0.00000432. The third-order valence-electron chi connectivity index (χ3n) is 5.35. The van der Waals surface area contributed by atoms with Gasteiger partial charge in [0.05, 0.1) is 30.4 Å². The molecule has 2 N–H and O–H groups in total. The van der Waals surface area contributed by atoms with Crippen LogP contribution in [0.15, 0.2) is 48.5 Å². The number of unbranched alkanes of at least 4 members (excludes halogenated alkanes) is 1. The zero-order chi connectivity index (χ0) is 24.7. The molecule has 0 unspecified atom stereocenters. The van der Waals surface area contributed by atoms with Crippen molar-refractivity contribution >= 4 is 64.7 Å². The number of benzene rings is 2. The van der Waals surface area contributed by atoms with Crippen LogP contribution in [0, 0.1) is 0 Å². The van der Waals surface area contributed by atoms with E-state index in [1.165, 1.54) is 19.2 Å². The molecular formula is C25H27ClN3NaO5. The van der Waals surface area contributed by atoms with Gasteiger partial charge in [-0.3, -0.25) is 9.59 Å². The number of halogens is 1. The molecule has 0 saturated carbocycles. The van der Waals surface area contributed by atoms with Crippen molar-refractivity contribution in [1.29, 1.82) is 0 Å². The number of carbonyl (C=O) groups excluding carboxylic acids is 2. The van der Waals surface area contributed by atoms with Crippen molar-refractivity contribution in [3.63, 3.8) is 0 Å². The number of esters is 1. The first kappa shape index (κ1) is 28.6. The van der Waals surface area contributed by atoms with E-state index in [-0.39, 0.29) is 52.3 Å². The number of ether oxygens (including phenoxy) is 1. The number of amides is 1. The molecule has 35 heavy (non-hydrogen) atoms. The molecule has 2 aromatic carbocycles. The van der Waals surface area contributed by atoms with Gasteiger partial charge < -0.3 is 19.7 Å². The van der Waals surface area contributed by atoms with Crippen molar-refractivity contribution in [1.82, 2.24) is 9.55 Å². The summed E-state index contributed by atoms with van der Waals surface area (Å²) >= 11 is 6.34. The SMILES string of the molecule is CCCCc1nc(Cl)c(CC(=O)OC)n1Cc1ccc(NC(=O)c2ccccc2C(=O)O)cc1.[NaH]. The van der Waals surface area contributed by atoms with E-state index in [1.807, 2.05) is 16.7 Å². The molecule has 0 saturated heterocycles. The molecule has 0 atom stereocenters. The predicted molar refractivity (Wildman–Crippen MR) is 136 cm³/mol. The number of anilines is 1. The first-order chi connectivity index (χ1) is 16.3. The molecule has 0 fully saturated rings. The number of aromatic carboxylic acids is 1. The van der Waals surface area contributed by atoms with Gasteiger partial charge in [0.25, 0.3) is 5.91 Å². The van der Waals surface area contributed by atoms with E-state index < -0.39 is 17.8 Å². The molecule has 0 spiro atoms. The Kier molecular flexibility index (Phi) is 11.0. The molecule has 1 aromatic heterocycles. The molecule has 0 bridgehead atoms. The third kappa shape index (κ3) is 7.41. The Bertz CT molecular complexity index is 1190. The minimum atomic E-state index is -1.17. The van der Waals surface area contributed by atoms with E-state index in [0.717, 1.165) is 30.7 Å². The zero-order valence-corrected chi connectivity index (χ0v) is 19.8. The predicted octanol–water partition coefficient (Wildman–Crippen LogP) is 3.94. The van der Waals surface area contributed by atoms with Crippen LogP contribution in [0.25, 0.3) is 0 Å². The Hall–Kier alpha value is -2.65. The van der Waals surface area contributed by atoms with E-state index in [2.05, 4.69) is 17.2 Å². The molecule has 10 heteroatoms. The molecule has 180 valence electrons. The topological polar surface area (TPSA) is 111 Å². The maximum atomic E-state index is 12.6. The van der Waals surface area contributed by atoms with E-state index in [0.29, 0.717) is 17.9 Å². The normalized spacial score (nSPS) is 10.4. The number of nitrogens with zero attached hydrogens (tertiary/aromatic N) is 2. The number of carboxylic acids is 1. The first-order valence-electron chi connectivity index (χ1n) is 10.9. The van der Waals surface area contributed by atoms with Gasteiger partial charge in [0, 0.05) is 18.7 Å². The van der Waals surface area contributed by atoms with Crippen LogP contribution in [0.3, 0.4) is 0 Å². The average molecular weight is 508 g/mol. The second kappa shape index (κ2) is 13.4. The van der Waals surface area contributed by atoms with E-state index in [1.54, 1.807) is 24.3 Å². The summed E-state index contributed by atoms with van der Waals surface area (Å²) in [6, 6.07) is 13.2. The number of aryl methyl sites for hydroxylation is 1. The summed E-state index contributed by atoms with van der Waals surface area (Å²) in [6.07, 6.45) is 2.68. The van der Waals surface area contributed by atoms with E-state index >= 15 is 0 Å². The van der Waals surface area contributed by atoms with Crippen molar-refractivity contribution in [3.05, 3.63) is 81.9 Å². The molecule has 0 aliphatic heterocycles. The van der Waals surface area contributed by atoms with Crippen LogP contribution in [0.5, 0.6) is 0 Å². The number of carboxylic acid groups (broad SMARTS) is 1. The molecule has 1 heterocycles. The number of hydrogen-bond donors (Lipinski definition) is 2. The molecule has 0 aliphatic rings. The summed E-state index contributed by atoms with van der Waals surface area (Å²) in [4.78, 5) is 40.3. The van der Waals surface area contributed by atoms with Gasteiger partial charge in [-0.2, -0.15) is 0 Å². The second-order valence-electron chi connectivity index (χ2n) is 7.71. The molecule has 8 nitrogen and oxygen atoms in total. The summed E-state index contributed by atoms with van der Waals surface area (Å²) in [5.41, 5.74) is 2.06. The standard InChI is InChI=1S/C25H26ClN3O5.Na.H/c1-3-4-9-21-28-23(26)20(14-22(30)34-2)29(21)15-16-10-12-17(13-11-16)27-24(31)18-7-5-6-8-19(18)25(32)33;;/h5-8,10-13H,3-4,9,14-15H2,1-2H3,(H,27,31)(H,32,33);;. The third-order valence-corrected chi connectivity index (χ3v) is 5.65. The van der Waals surface area contributed by atoms with E-state index in [9.17, 15) is 19.5 Å². The number of methoxy groups -OCH3 is 1. The van der Waals surface area contributed by atoms with Gasteiger partial charge in [-0.05, 0) is 36.2 Å². The fourth-order valence-corrected chi connectivity index (χ4v) is 3.80. The number of nitrogens with one attached hydrogen (secondary N) is 1. The summed E-state index contributed by atoms with van der Waals surface area (Å²) in [7, 11) is 1.33. The molecule has 0 aliphatic carbocycles. The zero-order valence-electron chi connectivity index (χ0n) is 19.0. The Morgan fingerprint density at radius 3 is 2.34 bits per heavy atom. The fourth-order valence-electron chi connectivity index (χ4n) is 3.54. The van der Waals surface area contributed by atoms with E-state index in [4.69, 9.17) is 16.3 Å². The molecule has 3 rings (SSSR count). The van der Waals surface area contributed by atoms with Gasteiger partial charge in [-0.15, -0.1) is 0 Å². The molecule has 0 radical (unpaired) electrons. The number of aromatic nitrogens is 2. The monoisotopic (exact) mass is 507 g/mol. The molecular weight excluding hydrogens is 481 g/mol. The summed E-state index contributed by atoms with van der Waals surface area (Å²) in [6.45, 7) is 2.54. The quantitative estimate of drug-likeness (QED) is 0.317. The van der Waals surface area contributed by atoms with Gasteiger partial charge >= 0.3 is 41.5 Å². The van der Waals surface area contributed by atoms with Crippen LogP contribution in [-0.4, -0.2) is 69.2 Å². The molecule has 1 amide bonds. The van der Waals surface area contributed by atoms with Crippen molar-refractivity contribution in [2.45, 2.75) is 39.2 Å². The van der Waals surface area contributed by atoms with Crippen LogP contribution in [0.1, 0.15) is 57.6 Å². The van der Waals surface area contributed by atoms with Crippen molar-refractivity contribution < 1.29 is 24.2 Å². The number of hydrogen-bond acceptors (Lipinski definition) is 5. The van der Waals surface area contributed by atoms with Crippen LogP contribution in [0.2, 0.25) is 5.15 Å². The van der Waals surface area contributed by atoms with Gasteiger partial charge in [0.2, 0.25) is 0 Å². The number of carbonyl (C=O) groups is 3. The van der Waals surface area contributed by atoms with Crippen LogP contribution in [0.4, 0.5) is 5.69 Å². The van der Waals surface area contributed by atoms with Crippen molar-refractivity contribution in [3.8, 4) is 0 Å². The van der Waals surface area contributed by atoms with Gasteiger partial charge in [0.15, 0.2) is 5.15 Å². The summed E-state index contributed by atoms with van der Waals surface area (Å²) < 4.78 is 6.74. The Labute approximate surface area is 230 Å². The fraction of sp³-hybridized carbons (Fsp3) is 0.280. The van der Waals surface area contributed by atoms with Gasteiger partial charge in [0.1, 0.15) is 5.82 Å². The average Bonchev–Trinajstić information content (AvgIpc) is 3.12. The van der Waals surface area contributed by atoms with Crippen molar-refractivity contribution in [2.75, 3.05) is 12.4 Å². The Morgan fingerprint density at radius 2 is 1.74 bits per heavy atom.